The lowest BCUT2D eigenvalue weighted by Crippen LogP contribution is -2.28. The Hall–Kier alpha value is -3.46. The van der Waals surface area contributed by atoms with Crippen LogP contribution < -0.4 is 5.32 Å². The van der Waals surface area contributed by atoms with Crippen molar-refractivity contribution in [3.8, 4) is 0 Å². The molecule has 0 atom stereocenters. The molecule has 0 radical (unpaired) electrons. The molecule has 3 amide bonds. The van der Waals surface area contributed by atoms with Crippen molar-refractivity contribution in [1.82, 2.24) is 4.90 Å². The summed E-state index contributed by atoms with van der Waals surface area (Å²) < 4.78 is 5.10. The molecular formula is C25H18Cl2N2O5S. The summed E-state index contributed by atoms with van der Waals surface area (Å²) >= 11 is 13.1. The highest BCUT2D eigenvalue weighted by atomic mass is 35.5. The minimum absolute atomic E-state index is 0.0461. The van der Waals surface area contributed by atoms with Gasteiger partial charge in [-0.05, 0) is 48.9 Å². The third kappa shape index (κ3) is 5.30. The molecule has 0 aliphatic carbocycles. The molecular weight excluding hydrogens is 511 g/mol. The van der Waals surface area contributed by atoms with Gasteiger partial charge < -0.3 is 10.1 Å². The van der Waals surface area contributed by atoms with E-state index >= 15 is 0 Å². The minimum atomic E-state index is -0.627. The lowest BCUT2D eigenvalue weighted by Gasteiger charge is -2.12. The molecule has 2 aromatic carbocycles. The number of thiophene rings is 1. The molecule has 1 aromatic heterocycles. The van der Waals surface area contributed by atoms with Gasteiger partial charge in [-0.15, -0.1) is 11.3 Å². The SMILES string of the molecule is CCOC(=O)c1cc(CN2C(=O)c3ccccc3C2=O)sc1NC(=O)/C=C/c1ccc(Cl)cc1Cl. The average molecular weight is 529 g/mol. The number of imide groups is 1. The van der Waals surface area contributed by atoms with Gasteiger partial charge in [-0.2, -0.15) is 0 Å². The lowest BCUT2D eigenvalue weighted by atomic mass is 10.1. The number of fused-ring (bicyclic) bond motifs is 1. The molecule has 0 fully saturated rings. The van der Waals surface area contributed by atoms with Gasteiger partial charge in [0.15, 0.2) is 0 Å². The number of amides is 3. The Kier molecular flexibility index (Phi) is 7.35. The molecule has 178 valence electrons. The Bertz CT molecular complexity index is 1350. The number of ether oxygens (including phenoxy) is 1. The van der Waals surface area contributed by atoms with Crippen LogP contribution in [0.4, 0.5) is 5.00 Å². The van der Waals surface area contributed by atoms with E-state index in [2.05, 4.69) is 5.32 Å². The highest BCUT2D eigenvalue weighted by Gasteiger charge is 2.35. The van der Waals surface area contributed by atoms with Crippen LogP contribution in [0.15, 0.2) is 54.6 Å². The molecule has 0 spiro atoms. The first kappa shape index (κ1) is 24.7. The predicted molar refractivity (Wildman–Crippen MR) is 135 cm³/mol. The quantitative estimate of drug-likeness (QED) is 0.242. The van der Waals surface area contributed by atoms with Gasteiger partial charge >= 0.3 is 5.97 Å². The highest BCUT2D eigenvalue weighted by Crippen LogP contribution is 2.32. The fourth-order valence-corrected chi connectivity index (χ4v) is 4.98. The molecule has 1 aliphatic heterocycles. The first-order valence-corrected chi connectivity index (χ1v) is 12.0. The van der Waals surface area contributed by atoms with Gasteiger partial charge in [-0.3, -0.25) is 19.3 Å². The second-order valence-electron chi connectivity index (χ2n) is 7.41. The van der Waals surface area contributed by atoms with Crippen LogP contribution in [0.2, 0.25) is 10.0 Å². The number of benzene rings is 2. The van der Waals surface area contributed by atoms with Gasteiger partial charge in [0.05, 0.1) is 29.8 Å². The summed E-state index contributed by atoms with van der Waals surface area (Å²) in [6, 6.07) is 13.0. The van der Waals surface area contributed by atoms with E-state index in [0.29, 0.717) is 31.6 Å². The molecule has 0 saturated carbocycles. The van der Waals surface area contributed by atoms with Crippen molar-refractivity contribution in [1.29, 1.82) is 0 Å². The molecule has 1 N–H and O–H groups in total. The van der Waals surface area contributed by atoms with Crippen molar-refractivity contribution in [2.45, 2.75) is 13.5 Å². The fraction of sp³-hybridized carbons (Fsp3) is 0.120. The van der Waals surface area contributed by atoms with Gasteiger partial charge in [0.1, 0.15) is 5.00 Å². The summed E-state index contributed by atoms with van der Waals surface area (Å²) in [6.07, 6.45) is 2.79. The third-order valence-corrected chi connectivity index (χ3v) is 6.68. The number of halogens is 2. The molecule has 10 heteroatoms. The van der Waals surface area contributed by atoms with E-state index in [1.165, 1.54) is 18.2 Å². The normalized spacial score (nSPS) is 12.8. The van der Waals surface area contributed by atoms with E-state index in [-0.39, 0.29) is 23.7 Å². The third-order valence-electron chi connectivity index (χ3n) is 5.08. The monoisotopic (exact) mass is 528 g/mol. The van der Waals surface area contributed by atoms with E-state index in [1.54, 1.807) is 49.4 Å². The zero-order chi connectivity index (χ0) is 25.1. The van der Waals surface area contributed by atoms with Crippen molar-refractivity contribution >= 4 is 69.3 Å². The van der Waals surface area contributed by atoms with Crippen molar-refractivity contribution in [3.63, 3.8) is 0 Å². The topological polar surface area (TPSA) is 92.8 Å². The molecule has 7 nitrogen and oxygen atoms in total. The van der Waals surface area contributed by atoms with Crippen LogP contribution in [0.3, 0.4) is 0 Å². The molecule has 35 heavy (non-hydrogen) atoms. The molecule has 0 unspecified atom stereocenters. The van der Waals surface area contributed by atoms with Crippen molar-refractivity contribution in [3.05, 3.63) is 91.8 Å². The first-order chi connectivity index (χ1) is 16.8. The number of carbonyl (C=O) groups excluding carboxylic acids is 4. The van der Waals surface area contributed by atoms with Gasteiger partial charge in [-0.1, -0.05) is 41.4 Å². The Morgan fingerprint density at radius 2 is 1.74 bits per heavy atom. The van der Waals surface area contributed by atoms with E-state index in [1.807, 2.05) is 0 Å². The second-order valence-corrected chi connectivity index (χ2v) is 9.39. The van der Waals surface area contributed by atoms with Crippen LogP contribution in [0.5, 0.6) is 0 Å². The average Bonchev–Trinajstić information content (AvgIpc) is 3.33. The lowest BCUT2D eigenvalue weighted by molar-refractivity contribution is -0.111. The summed E-state index contributed by atoms with van der Waals surface area (Å²) in [5.41, 5.74) is 1.39. The number of anilines is 1. The van der Waals surface area contributed by atoms with Crippen LogP contribution in [-0.4, -0.2) is 35.2 Å². The second kappa shape index (κ2) is 10.4. The van der Waals surface area contributed by atoms with Gasteiger partial charge in [0.2, 0.25) is 5.91 Å². The molecule has 3 aromatic rings. The van der Waals surface area contributed by atoms with Gasteiger partial charge in [0.25, 0.3) is 11.8 Å². The first-order valence-electron chi connectivity index (χ1n) is 10.5. The Morgan fingerprint density at radius 3 is 2.37 bits per heavy atom. The van der Waals surface area contributed by atoms with Gasteiger partial charge in [0, 0.05) is 21.0 Å². The largest absolute Gasteiger partial charge is 0.462 e. The van der Waals surface area contributed by atoms with E-state index < -0.39 is 23.7 Å². The zero-order valence-corrected chi connectivity index (χ0v) is 20.7. The fourth-order valence-electron chi connectivity index (χ4n) is 3.47. The number of hydrogen-bond acceptors (Lipinski definition) is 6. The van der Waals surface area contributed by atoms with Crippen LogP contribution >= 0.6 is 34.5 Å². The summed E-state index contributed by atoms with van der Waals surface area (Å²) in [4.78, 5) is 52.1. The van der Waals surface area contributed by atoms with Crippen molar-refractivity contribution in [2.24, 2.45) is 0 Å². The summed E-state index contributed by atoms with van der Waals surface area (Å²) in [5.74, 6) is -1.96. The number of rotatable bonds is 7. The van der Waals surface area contributed by atoms with Crippen LogP contribution in [0.1, 0.15) is 48.4 Å². The molecule has 0 saturated heterocycles. The number of carbonyl (C=O) groups is 4. The van der Waals surface area contributed by atoms with Crippen molar-refractivity contribution < 1.29 is 23.9 Å². The Balaban J connectivity index is 1.55. The predicted octanol–water partition coefficient (Wildman–Crippen LogP) is 5.68. The van der Waals surface area contributed by atoms with E-state index in [0.717, 1.165) is 16.2 Å². The maximum atomic E-state index is 12.7. The smallest absolute Gasteiger partial charge is 0.341 e. The zero-order valence-electron chi connectivity index (χ0n) is 18.3. The van der Waals surface area contributed by atoms with Crippen LogP contribution in [-0.2, 0) is 16.1 Å². The number of esters is 1. The maximum Gasteiger partial charge on any atom is 0.341 e. The molecule has 0 bridgehead atoms. The molecule has 1 aliphatic rings. The number of nitrogens with zero attached hydrogens (tertiary/aromatic N) is 1. The van der Waals surface area contributed by atoms with Gasteiger partial charge in [-0.25, -0.2) is 4.79 Å². The highest BCUT2D eigenvalue weighted by molar-refractivity contribution is 7.16. The van der Waals surface area contributed by atoms with Crippen LogP contribution in [0.25, 0.3) is 6.08 Å². The number of nitrogens with one attached hydrogen (secondary N) is 1. The Labute approximate surface area is 214 Å². The summed E-state index contributed by atoms with van der Waals surface area (Å²) in [7, 11) is 0. The number of hydrogen-bond donors (Lipinski definition) is 1. The summed E-state index contributed by atoms with van der Waals surface area (Å²) in [5, 5.41) is 3.77. The standard InChI is InChI=1S/C25H18Cl2N2O5S/c1-2-34-25(33)19-12-16(13-29-23(31)17-5-3-4-6-18(17)24(29)32)35-22(19)28-21(30)10-8-14-7-9-15(26)11-20(14)27/h3-12H,2,13H2,1H3,(H,28,30)/b10-8+. The van der Waals surface area contributed by atoms with Crippen molar-refractivity contribution in [2.75, 3.05) is 11.9 Å². The van der Waals surface area contributed by atoms with Crippen LogP contribution in [0, 0.1) is 0 Å². The van der Waals surface area contributed by atoms with E-state index in [4.69, 9.17) is 27.9 Å². The minimum Gasteiger partial charge on any atom is -0.462 e. The maximum absolute atomic E-state index is 12.7. The van der Waals surface area contributed by atoms with E-state index in [9.17, 15) is 19.2 Å². The molecule has 4 rings (SSSR count). The molecule has 2 heterocycles. The Morgan fingerprint density at radius 1 is 1.06 bits per heavy atom. The summed E-state index contributed by atoms with van der Waals surface area (Å²) in [6.45, 7) is 1.76.